The standard InChI is InChI=1S/C18H27NO2/c1-14(2)15-7-9-16(10-8-15)18(20)13-19(3)12-17-6-4-5-11-21-17/h7-10,14,17H,4-6,11-13H2,1-3H3. The van der Waals surface area contributed by atoms with Crippen molar-refractivity contribution in [3.8, 4) is 0 Å². The molecule has 0 amide bonds. The highest BCUT2D eigenvalue weighted by Crippen LogP contribution is 2.16. The maximum atomic E-state index is 12.3. The number of Topliss-reactive ketones (excluding diaryl/α,β-unsaturated/α-hetero) is 1. The van der Waals surface area contributed by atoms with Crippen LogP contribution in [0.5, 0.6) is 0 Å². The van der Waals surface area contributed by atoms with Gasteiger partial charge in [-0.1, -0.05) is 38.1 Å². The van der Waals surface area contributed by atoms with Gasteiger partial charge in [0, 0.05) is 18.7 Å². The van der Waals surface area contributed by atoms with Crippen molar-refractivity contribution in [3.63, 3.8) is 0 Å². The zero-order chi connectivity index (χ0) is 15.2. The zero-order valence-corrected chi connectivity index (χ0v) is 13.5. The molecule has 2 rings (SSSR count). The number of hydrogen-bond acceptors (Lipinski definition) is 3. The number of nitrogens with zero attached hydrogens (tertiary/aromatic N) is 1. The number of hydrogen-bond donors (Lipinski definition) is 0. The van der Waals surface area contributed by atoms with Gasteiger partial charge in [0.15, 0.2) is 5.78 Å². The summed E-state index contributed by atoms with van der Waals surface area (Å²) in [6.07, 6.45) is 3.81. The number of rotatable bonds is 6. The molecule has 1 heterocycles. The lowest BCUT2D eigenvalue weighted by atomic mass is 10.0. The molecule has 3 heteroatoms. The molecule has 21 heavy (non-hydrogen) atoms. The van der Waals surface area contributed by atoms with Gasteiger partial charge in [-0.3, -0.25) is 9.69 Å². The van der Waals surface area contributed by atoms with Crippen LogP contribution in [0.15, 0.2) is 24.3 Å². The lowest BCUT2D eigenvalue weighted by molar-refractivity contribution is -0.000669. The van der Waals surface area contributed by atoms with E-state index in [0.717, 1.165) is 25.1 Å². The van der Waals surface area contributed by atoms with Crippen molar-refractivity contribution in [2.45, 2.75) is 45.1 Å². The summed E-state index contributed by atoms with van der Waals surface area (Å²) in [4.78, 5) is 14.4. The fourth-order valence-electron chi connectivity index (χ4n) is 2.75. The number of likely N-dealkylation sites (N-methyl/N-ethyl adjacent to an activating group) is 1. The van der Waals surface area contributed by atoms with Crippen LogP contribution < -0.4 is 0 Å². The van der Waals surface area contributed by atoms with E-state index in [1.165, 1.54) is 18.4 Å². The average Bonchev–Trinajstić information content (AvgIpc) is 2.48. The Labute approximate surface area is 128 Å². The third kappa shape index (κ3) is 4.94. The number of carbonyl (C=O) groups is 1. The van der Waals surface area contributed by atoms with Crippen LogP contribution in [0, 0.1) is 0 Å². The molecule has 0 saturated carbocycles. The molecule has 3 nitrogen and oxygen atoms in total. The largest absolute Gasteiger partial charge is 0.377 e. The predicted molar refractivity (Wildman–Crippen MR) is 85.9 cm³/mol. The highest BCUT2D eigenvalue weighted by Gasteiger charge is 2.17. The van der Waals surface area contributed by atoms with Crippen molar-refractivity contribution in [2.75, 3.05) is 26.7 Å². The van der Waals surface area contributed by atoms with Crippen molar-refractivity contribution in [2.24, 2.45) is 0 Å². The lowest BCUT2D eigenvalue weighted by Crippen LogP contribution is -2.36. The third-order valence-corrected chi connectivity index (χ3v) is 4.10. The minimum atomic E-state index is 0.184. The van der Waals surface area contributed by atoms with Gasteiger partial charge >= 0.3 is 0 Å². The fraction of sp³-hybridized carbons (Fsp3) is 0.611. The van der Waals surface area contributed by atoms with Gasteiger partial charge in [0.25, 0.3) is 0 Å². The molecule has 1 fully saturated rings. The Bertz CT molecular complexity index is 447. The van der Waals surface area contributed by atoms with E-state index in [4.69, 9.17) is 4.74 Å². The summed E-state index contributed by atoms with van der Waals surface area (Å²) in [5.41, 5.74) is 2.08. The first kappa shape index (κ1) is 16.2. The summed E-state index contributed by atoms with van der Waals surface area (Å²) in [6.45, 7) is 6.49. The van der Waals surface area contributed by atoms with E-state index in [1.54, 1.807) is 0 Å². The van der Waals surface area contributed by atoms with Crippen molar-refractivity contribution < 1.29 is 9.53 Å². The second kappa shape index (κ2) is 7.71. The quantitative estimate of drug-likeness (QED) is 0.751. The SMILES string of the molecule is CC(C)c1ccc(C(=O)CN(C)CC2CCCCO2)cc1. The Balaban J connectivity index is 1.84. The monoisotopic (exact) mass is 289 g/mol. The molecule has 1 unspecified atom stereocenters. The second-order valence-corrected chi connectivity index (χ2v) is 6.39. The highest BCUT2D eigenvalue weighted by atomic mass is 16.5. The van der Waals surface area contributed by atoms with Crippen molar-refractivity contribution in [1.82, 2.24) is 4.90 Å². The van der Waals surface area contributed by atoms with Crippen LogP contribution in [0.25, 0.3) is 0 Å². The fourth-order valence-corrected chi connectivity index (χ4v) is 2.75. The molecule has 1 aromatic rings. The molecule has 1 aliphatic heterocycles. The molecule has 1 saturated heterocycles. The molecule has 1 aliphatic rings. The normalized spacial score (nSPS) is 19.2. The first-order chi connectivity index (χ1) is 10.1. The summed E-state index contributed by atoms with van der Waals surface area (Å²) >= 11 is 0. The summed E-state index contributed by atoms with van der Waals surface area (Å²) in [7, 11) is 2.00. The molecule has 0 aromatic heterocycles. The van der Waals surface area contributed by atoms with Crippen LogP contribution in [-0.2, 0) is 4.74 Å². The van der Waals surface area contributed by atoms with Crippen LogP contribution in [-0.4, -0.2) is 43.5 Å². The van der Waals surface area contributed by atoms with E-state index < -0.39 is 0 Å². The van der Waals surface area contributed by atoms with Gasteiger partial charge in [0.2, 0.25) is 0 Å². The Hall–Kier alpha value is -1.19. The van der Waals surface area contributed by atoms with E-state index in [0.29, 0.717) is 18.6 Å². The summed E-state index contributed by atoms with van der Waals surface area (Å²) < 4.78 is 5.72. The van der Waals surface area contributed by atoms with E-state index in [1.807, 2.05) is 19.2 Å². The minimum Gasteiger partial charge on any atom is -0.377 e. The Morgan fingerprint density at radius 2 is 2.00 bits per heavy atom. The van der Waals surface area contributed by atoms with Gasteiger partial charge in [0.1, 0.15) is 0 Å². The van der Waals surface area contributed by atoms with Gasteiger partial charge < -0.3 is 4.74 Å². The zero-order valence-electron chi connectivity index (χ0n) is 13.5. The van der Waals surface area contributed by atoms with E-state index in [-0.39, 0.29) is 5.78 Å². The molecular formula is C18H27NO2. The Kier molecular flexibility index (Phi) is 5.95. The molecule has 0 aliphatic carbocycles. The van der Waals surface area contributed by atoms with E-state index in [9.17, 15) is 4.79 Å². The number of ketones is 1. The van der Waals surface area contributed by atoms with Crippen molar-refractivity contribution in [1.29, 1.82) is 0 Å². The number of ether oxygens (including phenoxy) is 1. The summed E-state index contributed by atoms with van der Waals surface area (Å²) in [5, 5.41) is 0. The Morgan fingerprint density at radius 3 is 2.57 bits per heavy atom. The topological polar surface area (TPSA) is 29.5 Å². The van der Waals surface area contributed by atoms with Crippen LogP contribution in [0.4, 0.5) is 0 Å². The minimum absolute atomic E-state index is 0.184. The molecule has 0 radical (unpaired) electrons. The summed E-state index contributed by atoms with van der Waals surface area (Å²) in [6, 6.07) is 8.01. The van der Waals surface area contributed by atoms with Crippen LogP contribution >= 0.6 is 0 Å². The lowest BCUT2D eigenvalue weighted by Gasteiger charge is -2.27. The second-order valence-electron chi connectivity index (χ2n) is 6.39. The molecule has 1 atom stereocenters. The first-order valence-corrected chi connectivity index (χ1v) is 7.99. The first-order valence-electron chi connectivity index (χ1n) is 7.99. The highest BCUT2D eigenvalue weighted by molar-refractivity contribution is 5.97. The van der Waals surface area contributed by atoms with Gasteiger partial charge in [-0.15, -0.1) is 0 Å². The maximum absolute atomic E-state index is 12.3. The number of carbonyl (C=O) groups excluding carboxylic acids is 1. The van der Waals surface area contributed by atoms with Crippen LogP contribution in [0.3, 0.4) is 0 Å². The molecule has 0 bridgehead atoms. The summed E-state index contributed by atoms with van der Waals surface area (Å²) in [5.74, 6) is 0.684. The average molecular weight is 289 g/mol. The van der Waals surface area contributed by atoms with Gasteiger partial charge in [-0.25, -0.2) is 0 Å². The maximum Gasteiger partial charge on any atom is 0.176 e. The molecular weight excluding hydrogens is 262 g/mol. The van der Waals surface area contributed by atoms with Gasteiger partial charge in [0.05, 0.1) is 12.6 Å². The number of benzene rings is 1. The van der Waals surface area contributed by atoms with Crippen LogP contribution in [0.1, 0.15) is 54.9 Å². The molecule has 0 N–H and O–H groups in total. The van der Waals surface area contributed by atoms with Crippen molar-refractivity contribution in [3.05, 3.63) is 35.4 Å². The van der Waals surface area contributed by atoms with E-state index >= 15 is 0 Å². The third-order valence-electron chi connectivity index (χ3n) is 4.10. The van der Waals surface area contributed by atoms with Crippen LogP contribution in [0.2, 0.25) is 0 Å². The molecule has 116 valence electrons. The van der Waals surface area contributed by atoms with E-state index in [2.05, 4.69) is 30.9 Å². The molecule has 0 spiro atoms. The van der Waals surface area contributed by atoms with Crippen molar-refractivity contribution >= 4 is 5.78 Å². The van der Waals surface area contributed by atoms with Gasteiger partial charge in [-0.05, 0) is 37.8 Å². The smallest absolute Gasteiger partial charge is 0.176 e. The Morgan fingerprint density at radius 1 is 1.29 bits per heavy atom. The van der Waals surface area contributed by atoms with Gasteiger partial charge in [-0.2, -0.15) is 0 Å². The predicted octanol–water partition coefficient (Wildman–Crippen LogP) is 3.49. The molecule has 1 aromatic carbocycles.